The highest BCUT2D eigenvalue weighted by Gasteiger charge is 2.21. The summed E-state index contributed by atoms with van der Waals surface area (Å²) in [5.74, 6) is 0.00622. The van der Waals surface area contributed by atoms with E-state index in [2.05, 4.69) is 15.6 Å². The first-order valence-electron chi connectivity index (χ1n) is 6.66. The van der Waals surface area contributed by atoms with Gasteiger partial charge in [0.1, 0.15) is 17.8 Å². The maximum absolute atomic E-state index is 11.8. The zero-order valence-electron chi connectivity index (χ0n) is 12.0. The van der Waals surface area contributed by atoms with Crippen molar-refractivity contribution in [3.05, 3.63) is 17.8 Å². The molecule has 7 heteroatoms. The number of urea groups is 1. The van der Waals surface area contributed by atoms with Crippen molar-refractivity contribution >= 4 is 12.0 Å². The molecule has 0 bridgehead atoms. The van der Waals surface area contributed by atoms with E-state index < -0.39 is 24.1 Å². The molecule has 0 spiro atoms. The molecule has 2 atom stereocenters. The van der Waals surface area contributed by atoms with E-state index in [1.165, 1.54) is 0 Å². The summed E-state index contributed by atoms with van der Waals surface area (Å²) in [5, 5.41) is 14.1. The van der Waals surface area contributed by atoms with Crippen molar-refractivity contribution in [2.24, 2.45) is 0 Å². The molecule has 0 fully saturated rings. The molecule has 0 aliphatic heterocycles. The van der Waals surface area contributed by atoms with Gasteiger partial charge >= 0.3 is 12.0 Å². The number of rotatable bonds is 7. The molecule has 1 heterocycles. The molecule has 0 saturated carbocycles. The smallest absolute Gasteiger partial charge is 0.326 e. The number of aliphatic carboxylic acids is 1. The Morgan fingerprint density at radius 1 is 1.45 bits per heavy atom. The van der Waals surface area contributed by atoms with Crippen molar-refractivity contribution < 1.29 is 19.1 Å². The predicted molar refractivity (Wildman–Crippen MR) is 72.3 cm³/mol. The number of unbranched alkanes of at least 4 members (excludes halogenated alkanes) is 1. The van der Waals surface area contributed by atoms with Gasteiger partial charge in [-0.2, -0.15) is 0 Å². The van der Waals surface area contributed by atoms with Gasteiger partial charge in [0, 0.05) is 0 Å². The van der Waals surface area contributed by atoms with E-state index in [0.717, 1.165) is 12.8 Å². The largest absolute Gasteiger partial charge is 0.480 e. The van der Waals surface area contributed by atoms with E-state index in [-0.39, 0.29) is 0 Å². The third-order valence-corrected chi connectivity index (χ3v) is 2.81. The van der Waals surface area contributed by atoms with Crippen molar-refractivity contribution in [3.8, 4) is 0 Å². The zero-order valence-corrected chi connectivity index (χ0v) is 12.0. The number of aryl methyl sites for hydroxylation is 1. The van der Waals surface area contributed by atoms with Gasteiger partial charge in [0.05, 0.1) is 6.20 Å². The van der Waals surface area contributed by atoms with Crippen LogP contribution in [-0.2, 0) is 4.79 Å². The molecule has 1 aromatic rings. The summed E-state index contributed by atoms with van der Waals surface area (Å²) in [6.45, 7) is 5.44. The Hall–Kier alpha value is -2.05. The number of oxazole rings is 1. The fraction of sp³-hybridized carbons (Fsp3) is 0.615. The predicted octanol–water partition coefficient (Wildman–Crippen LogP) is 1.99. The topological polar surface area (TPSA) is 104 Å². The van der Waals surface area contributed by atoms with Crippen LogP contribution in [0, 0.1) is 6.92 Å². The number of nitrogens with one attached hydrogen (secondary N) is 2. The first kappa shape index (κ1) is 16.0. The van der Waals surface area contributed by atoms with Gasteiger partial charge in [-0.1, -0.05) is 19.8 Å². The lowest BCUT2D eigenvalue weighted by Crippen LogP contribution is -2.46. The van der Waals surface area contributed by atoms with Crippen LogP contribution in [0.25, 0.3) is 0 Å². The monoisotopic (exact) mass is 283 g/mol. The number of aromatic nitrogens is 1. The van der Waals surface area contributed by atoms with Crippen molar-refractivity contribution in [1.29, 1.82) is 0 Å². The van der Waals surface area contributed by atoms with Crippen LogP contribution in [0.4, 0.5) is 4.79 Å². The molecule has 2 amide bonds. The second-order valence-corrected chi connectivity index (χ2v) is 4.68. The van der Waals surface area contributed by atoms with E-state index in [1.54, 1.807) is 20.0 Å². The van der Waals surface area contributed by atoms with Gasteiger partial charge in [0.15, 0.2) is 0 Å². The van der Waals surface area contributed by atoms with Gasteiger partial charge in [-0.05, 0) is 20.3 Å². The fourth-order valence-corrected chi connectivity index (χ4v) is 1.70. The van der Waals surface area contributed by atoms with Gasteiger partial charge in [-0.25, -0.2) is 14.6 Å². The average Bonchev–Trinajstić information content (AvgIpc) is 2.80. The van der Waals surface area contributed by atoms with Crippen LogP contribution in [0.15, 0.2) is 10.6 Å². The molecule has 7 nitrogen and oxygen atoms in total. The Balaban J connectivity index is 2.50. The molecule has 0 aliphatic carbocycles. The minimum atomic E-state index is -1.03. The third kappa shape index (κ3) is 4.91. The molecular formula is C13H21N3O4. The lowest BCUT2D eigenvalue weighted by molar-refractivity contribution is -0.139. The highest BCUT2D eigenvalue weighted by Crippen LogP contribution is 2.11. The SMILES string of the molecule is CCCCC(NC(=O)NC(C)c1ncc(C)o1)C(=O)O. The number of carboxylic acid groups (broad SMARTS) is 1. The summed E-state index contributed by atoms with van der Waals surface area (Å²) in [7, 11) is 0. The normalized spacial score (nSPS) is 13.6. The highest BCUT2D eigenvalue weighted by molar-refractivity contribution is 5.82. The second kappa shape index (κ2) is 7.52. The molecular weight excluding hydrogens is 262 g/mol. The second-order valence-electron chi connectivity index (χ2n) is 4.68. The molecule has 112 valence electrons. The van der Waals surface area contributed by atoms with E-state index in [9.17, 15) is 9.59 Å². The van der Waals surface area contributed by atoms with Gasteiger partial charge in [-0.15, -0.1) is 0 Å². The van der Waals surface area contributed by atoms with Crippen LogP contribution in [0.5, 0.6) is 0 Å². The summed E-state index contributed by atoms with van der Waals surface area (Å²) in [6, 6.07) is -1.85. The van der Waals surface area contributed by atoms with Crippen molar-refractivity contribution in [2.75, 3.05) is 0 Å². The van der Waals surface area contributed by atoms with E-state index in [0.29, 0.717) is 18.1 Å². The Labute approximate surface area is 117 Å². The summed E-state index contributed by atoms with van der Waals surface area (Å²) in [4.78, 5) is 26.8. The number of hydrogen-bond acceptors (Lipinski definition) is 4. The Morgan fingerprint density at radius 3 is 2.65 bits per heavy atom. The maximum Gasteiger partial charge on any atom is 0.326 e. The number of carbonyl (C=O) groups excluding carboxylic acids is 1. The molecule has 1 aromatic heterocycles. The highest BCUT2D eigenvalue weighted by atomic mass is 16.4. The Morgan fingerprint density at radius 2 is 2.15 bits per heavy atom. The average molecular weight is 283 g/mol. The van der Waals surface area contributed by atoms with Crippen molar-refractivity contribution in [3.63, 3.8) is 0 Å². The third-order valence-electron chi connectivity index (χ3n) is 2.81. The van der Waals surface area contributed by atoms with Gasteiger partial charge < -0.3 is 20.2 Å². The van der Waals surface area contributed by atoms with E-state index in [4.69, 9.17) is 9.52 Å². The molecule has 20 heavy (non-hydrogen) atoms. The minimum Gasteiger partial charge on any atom is -0.480 e. The lowest BCUT2D eigenvalue weighted by Gasteiger charge is -2.16. The van der Waals surface area contributed by atoms with E-state index >= 15 is 0 Å². The van der Waals surface area contributed by atoms with Crippen LogP contribution in [0.3, 0.4) is 0 Å². The first-order chi connectivity index (χ1) is 9.43. The van der Waals surface area contributed by atoms with Crippen LogP contribution >= 0.6 is 0 Å². The molecule has 2 unspecified atom stereocenters. The Bertz CT molecular complexity index is 458. The number of carboxylic acids is 1. The quantitative estimate of drug-likeness (QED) is 0.709. The minimum absolute atomic E-state index is 0.387. The molecule has 0 aromatic carbocycles. The molecule has 1 rings (SSSR count). The summed E-state index contributed by atoms with van der Waals surface area (Å²) < 4.78 is 5.29. The molecule has 3 N–H and O–H groups in total. The number of carbonyl (C=O) groups is 2. The zero-order chi connectivity index (χ0) is 15.1. The standard InChI is InChI=1S/C13H21N3O4/c1-4-5-6-10(12(17)18)16-13(19)15-9(3)11-14-7-8(2)20-11/h7,9-10H,4-6H2,1-3H3,(H,17,18)(H2,15,16,19). The molecule has 0 saturated heterocycles. The van der Waals surface area contributed by atoms with Crippen molar-refractivity contribution in [1.82, 2.24) is 15.6 Å². The lowest BCUT2D eigenvalue weighted by atomic mass is 10.1. The van der Waals surface area contributed by atoms with Crippen LogP contribution in [0.2, 0.25) is 0 Å². The van der Waals surface area contributed by atoms with Crippen LogP contribution in [-0.4, -0.2) is 28.1 Å². The number of nitrogens with zero attached hydrogens (tertiary/aromatic N) is 1. The summed E-state index contributed by atoms with van der Waals surface area (Å²) in [6.07, 6.45) is 3.59. The van der Waals surface area contributed by atoms with E-state index in [1.807, 2.05) is 6.92 Å². The fourth-order valence-electron chi connectivity index (χ4n) is 1.70. The van der Waals surface area contributed by atoms with Gasteiger partial charge in [0.2, 0.25) is 5.89 Å². The Kier molecular flexibility index (Phi) is 6.02. The van der Waals surface area contributed by atoms with Crippen LogP contribution in [0.1, 0.15) is 50.8 Å². The van der Waals surface area contributed by atoms with Crippen molar-refractivity contribution in [2.45, 2.75) is 52.1 Å². The number of amides is 2. The van der Waals surface area contributed by atoms with Gasteiger partial charge in [-0.3, -0.25) is 0 Å². The first-order valence-corrected chi connectivity index (χ1v) is 6.66. The molecule has 0 radical (unpaired) electrons. The molecule has 0 aliphatic rings. The van der Waals surface area contributed by atoms with Crippen LogP contribution < -0.4 is 10.6 Å². The summed E-state index contributed by atoms with van der Waals surface area (Å²) >= 11 is 0. The van der Waals surface area contributed by atoms with Gasteiger partial charge in [0.25, 0.3) is 0 Å². The maximum atomic E-state index is 11.8. The summed E-state index contributed by atoms with van der Waals surface area (Å²) in [5.41, 5.74) is 0. The number of hydrogen-bond donors (Lipinski definition) is 3.